The molecule has 4 nitrogen and oxygen atoms in total. The lowest BCUT2D eigenvalue weighted by atomic mass is 9.65. The molecular weight excluding hydrogens is 302 g/mol. The first kappa shape index (κ1) is 17.3. The van der Waals surface area contributed by atoms with Crippen molar-refractivity contribution in [2.75, 3.05) is 13.1 Å². The molecule has 1 aliphatic heterocycles. The number of carbonyl (C=O) groups excluding carboxylic acids is 1. The van der Waals surface area contributed by atoms with Gasteiger partial charge in [-0.1, -0.05) is 30.3 Å². The number of aliphatic hydroxyl groups is 1. The molecule has 0 aromatic heterocycles. The van der Waals surface area contributed by atoms with Crippen molar-refractivity contribution in [3.05, 3.63) is 35.9 Å². The first-order chi connectivity index (χ1) is 11.6. The minimum absolute atomic E-state index is 0.185. The van der Waals surface area contributed by atoms with E-state index >= 15 is 0 Å². The molecule has 1 saturated heterocycles. The molecule has 1 atom stereocenters. The van der Waals surface area contributed by atoms with Crippen LogP contribution in [0.1, 0.15) is 51.0 Å². The molecule has 1 saturated carbocycles. The summed E-state index contributed by atoms with van der Waals surface area (Å²) in [5, 5.41) is 9.76. The lowest BCUT2D eigenvalue weighted by molar-refractivity contribution is 0.0144. The zero-order chi connectivity index (χ0) is 17.0. The molecule has 0 radical (unpaired) electrons. The summed E-state index contributed by atoms with van der Waals surface area (Å²) in [5.41, 5.74) is 1.41. The Kier molecular flexibility index (Phi) is 5.44. The molecule has 3 rings (SSSR count). The summed E-state index contributed by atoms with van der Waals surface area (Å²) >= 11 is 0. The summed E-state index contributed by atoms with van der Waals surface area (Å²) < 4.78 is 5.45. The van der Waals surface area contributed by atoms with E-state index in [2.05, 4.69) is 0 Å². The van der Waals surface area contributed by atoms with Crippen molar-refractivity contribution in [2.24, 2.45) is 11.3 Å². The monoisotopic (exact) mass is 331 g/mol. The number of ether oxygens (including phenoxy) is 1. The fraction of sp³-hybridized carbons (Fsp3) is 0.650. The van der Waals surface area contributed by atoms with Gasteiger partial charge in [0.05, 0.1) is 6.10 Å². The summed E-state index contributed by atoms with van der Waals surface area (Å²) in [6.07, 6.45) is 6.39. The molecule has 132 valence electrons. The summed E-state index contributed by atoms with van der Waals surface area (Å²) in [6.45, 7) is 3.85. The second-order valence-electron chi connectivity index (χ2n) is 7.61. The maximum Gasteiger partial charge on any atom is 0.410 e. The van der Waals surface area contributed by atoms with Gasteiger partial charge in [0.25, 0.3) is 0 Å². The van der Waals surface area contributed by atoms with E-state index < -0.39 is 0 Å². The minimum Gasteiger partial charge on any atom is -0.445 e. The van der Waals surface area contributed by atoms with Crippen molar-refractivity contribution in [1.82, 2.24) is 4.90 Å². The third kappa shape index (κ3) is 4.10. The second kappa shape index (κ2) is 7.56. The highest BCUT2D eigenvalue weighted by molar-refractivity contribution is 5.67. The smallest absolute Gasteiger partial charge is 0.410 e. The largest absolute Gasteiger partial charge is 0.445 e. The van der Waals surface area contributed by atoms with E-state index in [1.165, 1.54) is 12.8 Å². The van der Waals surface area contributed by atoms with Crippen molar-refractivity contribution < 1.29 is 14.6 Å². The van der Waals surface area contributed by atoms with Gasteiger partial charge in [-0.15, -0.1) is 0 Å². The number of aliphatic hydroxyl groups excluding tert-OH is 1. The standard InChI is InChI=1S/C20H29NO3/c1-16(22)18-7-9-20(10-8-18)11-13-21(14-12-20)19(23)24-15-17-5-3-2-4-6-17/h2-6,16,18,22H,7-15H2,1H3/t16-/m1/s1. The van der Waals surface area contributed by atoms with Crippen molar-refractivity contribution in [3.63, 3.8) is 0 Å². The molecule has 24 heavy (non-hydrogen) atoms. The Labute approximate surface area is 144 Å². The van der Waals surface area contributed by atoms with Crippen LogP contribution in [0.15, 0.2) is 30.3 Å². The number of piperidine rings is 1. The molecule has 2 fully saturated rings. The molecule has 1 N–H and O–H groups in total. The molecule has 2 aliphatic rings. The first-order valence-electron chi connectivity index (χ1n) is 9.22. The number of hydrogen-bond acceptors (Lipinski definition) is 3. The quantitative estimate of drug-likeness (QED) is 0.911. The van der Waals surface area contributed by atoms with Gasteiger partial charge in [0.15, 0.2) is 0 Å². The van der Waals surface area contributed by atoms with Crippen LogP contribution in [0, 0.1) is 11.3 Å². The van der Waals surface area contributed by atoms with Crippen LogP contribution in [-0.4, -0.2) is 35.3 Å². The average molecular weight is 331 g/mol. The van der Waals surface area contributed by atoms with Crippen LogP contribution in [0.5, 0.6) is 0 Å². The van der Waals surface area contributed by atoms with Crippen molar-refractivity contribution in [3.8, 4) is 0 Å². The van der Waals surface area contributed by atoms with Crippen molar-refractivity contribution >= 4 is 6.09 Å². The predicted octanol–water partition coefficient (Wildman–Crippen LogP) is 3.98. The maximum absolute atomic E-state index is 12.3. The Bertz CT molecular complexity index is 525. The van der Waals surface area contributed by atoms with Crippen LogP contribution in [0.3, 0.4) is 0 Å². The van der Waals surface area contributed by atoms with E-state index in [0.717, 1.165) is 44.3 Å². The van der Waals surface area contributed by atoms with Crippen LogP contribution in [0.2, 0.25) is 0 Å². The van der Waals surface area contributed by atoms with E-state index in [-0.39, 0.29) is 12.2 Å². The van der Waals surface area contributed by atoms with Crippen LogP contribution < -0.4 is 0 Å². The SMILES string of the molecule is C[C@@H](O)C1CCC2(CC1)CCN(C(=O)OCc1ccccc1)CC2. The Morgan fingerprint density at radius 3 is 2.42 bits per heavy atom. The highest BCUT2D eigenvalue weighted by atomic mass is 16.6. The van der Waals surface area contributed by atoms with E-state index in [0.29, 0.717) is 17.9 Å². The highest BCUT2D eigenvalue weighted by Crippen LogP contribution is 2.47. The third-order valence-electron chi connectivity index (χ3n) is 6.06. The van der Waals surface area contributed by atoms with Gasteiger partial charge in [-0.05, 0) is 62.3 Å². The summed E-state index contributed by atoms with van der Waals surface area (Å²) in [6, 6.07) is 9.81. The fourth-order valence-corrected chi connectivity index (χ4v) is 4.21. The topological polar surface area (TPSA) is 49.8 Å². The molecule has 1 amide bonds. The van der Waals surface area contributed by atoms with Crippen LogP contribution in [0.4, 0.5) is 4.79 Å². The molecule has 1 heterocycles. The van der Waals surface area contributed by atoms with E-state index in [1.54, 1.807) is 0 Å². The predicted molar refractivity (Wildman–Crippen MR) is 93.5 cm³/mol. The molecule has 1 aliphatic carbocycles. The summed E-state index contributed by atoms with van der Waals surface area (Å²) in [7, 11) is 0. The summed E-state index contributed by atoms with van der Waals surface area (Å²) in [4.78, 5) is 14.1. The molecule has 0 bridgehead atoms. The van der Waals surface area contributed by atoms with Crippen LogP contribution >= 0.6 is 0 Å². The van der Waals surface area contributed by atoms with Gasteiger partial charge in [0.1, 0.15) is 6.61 Å². The van der Waals surface area contributed by atoms with Crippen molar-refractivity contribution in [1.29, 1.82) is 0 Å². The summed E-state index contributed by atoms with van der Waals surface area (Å²) in [5.74, 6) is 0.462. The highest BCUT2D eigenvalue weighted by Gasteiger charge is 2.39. The van der Waals surface area contributed by atoms with Gasteiger partial charge in [0, 0.05) is 13.1 Å². The van der Waals surface area contributed by atoms with Gasteiger partial charge in [0.2, 0.25) is 0 Å². The number of benzene rings is 1. The Morgan fingerprint density at radius 2 is 1.83 bits per heavy atom. The molecular formula is C20H29NO3. The molecule has 0 unspecified atom stereocenters. The number of rotatable bonds is 3. The average Bonchev–Trinajstić information content (AvgIpc) is 2.61. The van der Waals surface area contributed by atoms with E-state index in [1.807, 2.05) is 42.2 Å². The lowest BCUT2D eigenvalue weighted by Gasteiger charge is -2.46. The van der Waals surface area contributed by atoms with Gasteiger partial charge in [-0.2, -0.15) is 0 Å². The number of nitrogens with zero attached hydrogens (tertiary/aromatic N) is 1. The van der Waals surface area contributed by atoms with Crippen LogP contribution in [-0.2, 0) is 11.3 Å². The van der Waals surface area contributed by atoms with Gasteiger partial charge in [-0.3, -0.25) is 0 Å². The number of amides is 1. The zero-order valence-corrected chi connectivity index (χ0v) is 14.6. The minimum atomic E-state index is -0.189. The zero-order valence-electron chi connectivity index (χ0n) is 14.6. The Hall–Kier alpha value is -1.55. The fourth-order valence-electron chi connectivity index (χ4n) is 4.21. The van der Waals surface area contributed by atoms with Crippen LogP contribution in [0.25, 0.3) is 0 Å². The van der Waals surface area contributed by atoms with E-state index in [9.17, 15) is 9.90 Å². The number of likely N-dealkylation sites (tertiary alicyclic amines) is 1. The molecule has 1 spiro atoms. The number of carbonyl (C=O) groups is 1. The van der Waals surface area contributed by atoms with E-state index in [4.69, 9.17) is 4.74 Å². The maximum atomic E-state index is 12.3. The third-order valence-corrected chi connectivity index (χ3v) is 6.06. The van der Waals surface area contributed by atoms with Crippen molar-refractivity contribution in [2.45, 2.75) is 58.2 Å². The molecule has 4 heteroatoms. The molecule has 1 aromatic carbocycles. The number of hydrogen-bond donors (Lipinski definition) is 1. The second-order valence-corrected chi connectivity index (χ2v) is 7.61. The van der Waals surface area contributed by atoms with Gasteiger partial charge < -0.3 is 14.7 Å². The van der Waals surface area contributed by atoms with Gasteiger partial charge in [-0.25, -0.2) is 4.79 Å². The lowest BCUT2D eigenvalue weighted by Crippen LogP contribution is -2.45. The normalized spacial score (nSPS) is 22.3. The molecule has 1 aromatic rings. The Balaban J connectivity index is 1.44. The first-order valence-corrected chi connectivity index (χ1v) is 9.22. The Morgan fingerprint density at radius 1 is 1.21 bits per heavy atom. The van der Waals surface area contributed by atoms with Gasteiger partial charge >= 0.3 is 6.09 Å².